The lowest BCUT2D eigenvalue weighted by Gasteiger charge is -2.11. The van der Waals surface area contributed by atoms with Crippen LogP contribution in [0.2, 0.25) is 0 Å². The second kappa shape index (κ2) is 7.09. The molecule has 0 aliphatic heterocycles. The van der Waals surface area contributed by atoms with E-state index < -0.39 is 0 Å². The zero-order chi connectivity index (χ0) is 15.9. The van der Waals surface area contributed by atoms with E-state index in [1.807, 2.05) is 18.2 Å². The minimum absolute atomic E-state index is 0.419. The quantitative estimate of drug-likeness (QED) is 0.481. The number of nitrogens with two attached hydrogens (primary N) is 2. The highest BCUT2D eigenvalue weighted by atomic mass is 14.9. The van der Waals surface area contributed by atoms with Crippen molar-refractivity contribution in [3.8, 4) is 6.07 Å². The van der Waals surface area contributed by atoms with Gasteiger partial charge in [0.2, 0.25) is 0 Å². The Bertz CT molecular complexity index is 757. The van der Waals surface area contributed by atoms with E-state index in [2.05, 4.69) is 16.4 Å². The Balaban J connectivity index is 2.36. The van der Waals surface area contributed by atoms with Crippen LogP contribution in [0, 0.1) is 16.7 Å². The lowest BCUT2D eigenvalue weighted by molar-refractivity contribution is 0.898. The fourth-order valence-corrected chi connectivity index (χ4v) is 2.15. The third-order valence-electron chi connectivity index (χ3n) is 3.21. The Morgan fingerprint density at radius 2 is 2.23 bits per heavy atom. The zero-order valence-corrected chi connectivity index (χ0v) is 12.1. The molecule has 1 heterocycles. The van der Waals surface area contributed by atoms with Crippen molar-refractivity contribution in [2.75, 3.05) is 17.6 Å². The second-order valence-corrected chi connectivity index (χ2v) is 4.80. The average molecular weight is 294 g/mol. The highest BCUT2D eigenvalue weighted by Gasteiger charge is 2.06. The monoisotopic (exact) mass is 294 g/mol. The number of nitriles is 1. The van der Waals surface area contributed by atoms with Gasteiger partial charge < -0.3 is 22.2 Å². The summed E-state index contributed by atoms with van der Waals surface area (Å²) in [4.78, 5) is 4.33. The minimum Gasteiger partial charge on any atom is -0.398 e. The standard InChI is InChI=1S/C16H18N6/c17-6-1-2-8-21-14-10-16(20)22-15-9-11(3-4-12(14)15)13(19)5-7-18/h3-5,7,9-10,18H,1-2,8,19H2,(H3,20,21,22)/b13-5-,18-7?. The summed E-state index contributed by atoms with van der Waals surface area (Å²) in [7, 11) is 0. The van der Waals surface area contributed by atoms with Gasteiger partial charge in [0.1, 0.15) is 5.82 Å². The molecule has 0 saturated carbocycles. The number of nitrogens with zero attached hydrogens (tertiary/aromatic N) is 2. The molecule has 0 saturated heterocycles. The number of allylic oxidation sites excluding steroid dienone is 1. The third-order valence-corrected chi connectivity index (χ3v) is 3.21. The van der Waals surface area contributed by atoms with Crippen LogP contribution in [-0.2, 0) is 0 Å². The van der Waals surface area contributed by atoms with Crippen LogP contribution < -0.4 is 16.8 Å². The van der Waals surface area contributed by atoms with Crippen LogP contribution in [-0.4, -0.2) is 17.7 Å². The van der Waals surface area contributed by atoms with Gasteiger partial charge in [0.05, 0.1) is 11.6 Å². The first-order valence-corrected chi connectivity index (χ1v) is 6.93. The Hall–Kier alpha value is -3.07. The number of unbranched alkanes of at least 4 members (excludes halogenated alkanes) is 1. The number of aromatic nitrogens is 1. The highest BCUT2D eigenvalue weighted by Crippen LogP contribution is 2.26. The second-order valence-electron chi connectivity index (χ2n) is 4.80. The maximum atomic E-state index is 8.56. The van der Waals surface area contributed by atoms with E-state index in [9.17, 15) is 0 Å². The molecule has 0 aliphatic rings. The predicted octanol–water partition coefficient (Wildman–Crippen LogP) is 2.48. The molecule has 2 rings (SSSR count). The number of fused-ring (bicyclic) bond motifs is 1. The molecule has 0 spiro atoms. The topological polar surface area (TPSA) is 125 Å². The molecule has 112 valence electrons. The molecular formula is C16H18N6. The molecule has 0 unspecified atom stereocenters. The molecule has 0 atom stereocenters. The van der Waals surface area contributed by atoms with Crippen LogP contribution in [0.25, 0.3) is 16.6 Å². The number of nitrogens with one attached hydrogen (secondary N) is 2. The van der Waals surface area contributed by atoms with Gasteiger partial charge in [-0.15, -0.1) is 0 Å². The number of pyridine rings is 1. The summed E-state index contributed by atoms with van der Waals surface area (Å²) >= 11 is 0. The van der Waals surface area contributed by atoms with E-state index in [4.69, 9.17) is 22.1 Å². The summed E-state index contributed by atoms with van der Waals surface area (Å²) in [6, 6.07) is 9.56. The van der Waals surface area contributed by atoms with E-state index >= 15 is 0 Å². The maximum absolute atomic E-state index is 8.56. The molecular weight excluding hydrogens is 276 g/mol. The summed E-state index contributed by atoms with van der Waals surface area (Å²) in [5.74, 6) is 0.419. The Kier molecular flexibility index (Phi) is 4.94. The van der Waals surface area contributed by atoms with Crippen molar-refractivity contribution in [3.05, 3.63) is 35.9 Å². The van der Waals surface area contributed by atoms with Gasteiger partial charge in [-0.2, -0.15) is 5.26 Å². The molecule has 0 fully saturated rings. The van der Waals surface area contributed by atoms with Crippen LogP contribution >= 0.6 is 0 Å². The first-order chi connectivity index (χ1) is 10.7. The van der Waals surface area contributed by atoms with Crippen molar-refractivity contribution >= 4 is 34.3 Å². The molecule has 22 heavy (non-hydrogen) atoms. The third kappa shape index (κ3) is 3.52. The van der Waals surface area contributed by atoms with Gasteiger partial charge in [-0.25, -0.2) is 4.98 Å². The van der Waals surface area contributed by atoms with E-state index in [-0.39, 0.29) is 0 Å². The smallest absolute Gasteiger partial charge is 0.126 e. The minimum atomic E-state index is 0.419. The molecule has 1 aromatic carbocycles. The van der Waals surface area contributed by atoms with Gasteiger partial charge in [-0.05, 0) is 24.1 Å². The Morgan fingerprint density at radius 3 is 2.95 bits per heavy atom. The zero-order valence-electron chi connectivity index (χ0n) is 12.1. The van der Waals surface area contributed by atoms with Crippen molar-refractivity contribution in [2.24, 2.45) is 5.73 Å². The molecule has 0 radical (unpaired) electrons. The van der Waals surface area contributed by atoms with Crippen molar-refractivity contribution in [2.45, 2.75) is 12.8 Å². The predicted molar refractivity (Wildman–Crippen MR) is 90.4 cm³/mol. The van der Waals surface area contributed by atoms with Crippen LogP contribution in [0.5, 0.6) is 0 Å². The number of nitrogen functional groups attached to an aromatic ring is 1. The molecule has 0 aliphatic carbocycles. The fraction of sp³-hybridized carbons (Fsp3) is 0.188. The van der Waals surface area contributed by atoms with Crippen LogP contribution in [0.1, 0.15) is 18.4 Å². The van der Waals surface area contributed by atoms with Gasteiger partial charge >= 0.3 is 0 Å². The summed E-state index contributed by atoms with van der Waals surface area (Å²) < 4.78 is 0. The van der Waals surface area contributed by atoms with E-state index in [1.54, 1.807) is 6.07 Å². The molecule has 6 heteroatoms. The van der Waals surface area contributed by atoms with Gasteiger partial charge in [-0.3, -0.25) is 0 Å². The van der Waals surface area contributed by atoms with E-state index in [1.165, 1.54) is 6.08 Å². The highest BCUT2D eigenvalue weighted by molar-refractivity contribution is 5.95. The molecule has 2 aromatic rings. The van der Waals surface area contributed by atoms with Gasteiger partial charge in [0.25, 0.3) is 0 Å². The fourth-order valence-electron chi connectivity index (χ4n) is 2.15. The number of benzene rings is 1. The average Bonchev–Trinajstić information content (AvgIpc) is 2.51. The largest absolute Gasteiger partial charge is 0.398 e. The summed E-state index contributed by atoms with van der Waals surface area (Å²) in [5.41, 5.74) is 14.7. The molecule has 0 amide bonds. The number of anilines is 2. The Labute approximate surface area is 129 Å². The summed E-state index contributed by atoms with van der Waals surface area (Å²) in [6.07, 6.45) is 3.96. The van der Waals surface area contributed by atoms with Crippen molar-refractivity contribution in [1.82, 2.24) is 4.98 Å². The lowest BCUT2D eigenvalue weighted by atomic mass is 10.1. The van der Waals surface area contributed by atoms with Gasteiger partial charge in [0.15, 0.2) is 0 Å². The van der Waals surface area contributed by atoms with E-state index in [0.717, 1.165) is 34.8 Å². The first-order valence-electron chi connectivity index (χ1n) is 6.93. The number of hydrogen-bond acceptors (Lipinski definition) is 6. The lowest BCUT2D eigenvalue weighted by Crippen LogP contribution is -2.04. The van der Waals surface area contributed by atoms with Crippen LogP contribution in [0.4, 0.5) is 11.5 Å². The number of rotatable bonds is 6. The van der Waals surface area contributed by atoms with Crippen molar-refractivity contribution in [3.63, 3.8) is 0 Å². The molecule has 1 aromatic heterocycles. The van der Waals surface area contributed by atoms with E-state index in [0.29, 0.717) is 24.5 Å². The summed E-state index contributed by atoms with van der Waals surface area (Å²) in [6.45, 7) is 0.698. The molecule has 6 N–H and O–H groups in total. The molecule has 6 nitrogen and oxygen atoms in total. The maximum Gasteiger partial charge on any atom is 0.126 e. The van der Waals surface area contributed by atoms with Crippen LogP contribution in [0.3, 0.4) is 0 Å². The Morgan fingerprint density at radius 1 is 1.41 bits per heavy atom. The summed E-state index contributed by atoms with van der Waals surface area (Å²) in [5, 5.41) is 19.9. The number of hydrogen-bond donors (Lipinski definition) is 4. The van der Waals surface area contributed by atoms with Crippen molar-refractivity contribution in [1.29, 1.82) is 10.7 Å². The van der Waals surface area contributed by atoms with Crippen molar-refractivity contribution < 1.29 is 0 Å². The SMILES string of the molecule is N#CCCCNc1cc(N)nc2cc(/C(N)=C/C=N)ccc12. The van der Waals surface area contributed by atoms with Crippen LogP contribution in [0.15, 0.2) is 30.3 Å². The first kappa shape index (κ1) is 15.3. The normalized spacial score (nSPS) is 11.1. The van der Waals surface area contributed by atoms with Gasteiger partial charge in [-0.1, -0.05) is 12.1 Å². The van der Waals surface area contributed by atoms with Gasteiger partial charge in [0, 0.05) is 42.0 Å². The molecule has 0 bridgehead atoms.